The summed E-state index contributed by atoms with van der Waals surface area (Å²) < 4.78 is 25.7. The first-order valence-corrected chi connectivity index (χ1v) is 8.65. The quantitative estimate of drug-likeness (QED) is 0.440. The lowest BCUT2D eigenvalue weighted by molar-refractivity contribution is -0.252. The molecule has 0 unspecified atom stereocenters. The molecule has 0 spiro atoms. The molecule has 11 nitrogen and oxygen atoms in total. The summed E-state index contributed by atoms with van der Waals surface area (Å²) in [6, 6.07) is 0. The van der Waals surface area contributed by atoms with E-state index in [1.54, 1.807) is 6.92 Å². The lowest BCUT2D eigenvalue weighted by atomic mass is 9.96. The summed E-state index contributed by atoms with van der Waals surface area (Å²) in [6.45, 7) is 5.04. The summed E-state index contributed by atoms with van der Waals surface area (Å²) in [5, 5.41) is 2.48. The van der Waals surface area contributed by atoms with E-state index in [4.69, 9.17) is 18.9 Å². The molecule has 0 radical (unpaired) electrons. The van der Waals surface area contributed by atoms with Crippen LogP contribution in [0, 0.1) is 0 Å². The first-order chi connectivity index (χ1) is 13.1. The van der Waals surface area contributed by atoms with Crippen molar-refractivity contribution in [1.82, 2.24) is 5.32 Å². The lowest BCUT2D eigenvalue weighted by Crippen LogP contribution is -2.67. The summed E-state index contributed by atoms with van der Waals surface area (Å²) in [5.41, 5.74) is 0. The van der Waals surface area contributed by atoms with Crippen LogP contribution in [0.1, 0.15) is 40.5 Å². The summed E-state index contributed by atoms with van der Waals surface area (Å²) in [7, 11) is 1.08. The number of ether oxygens (including phenoxy) is 5. The normalized spacial score (nSPS) is 26.5. The van der Waals surface area contributed by atoms with Crippen LogP contribution in [0.2, 0.25) is 0 Å². The van der Waals surface area contributed by atoms with Crippen molar-refractivity contribution in [3.05, 3.63) is 0 Å². The first-order valence-electron chi connectivity index (χ1n) is 8.65. The molecule has 1 amide bonds. The Bertz CT molecular complexity index is 619. The topological polar surface area (TPSA) is 144 Å². The fourth-order valence-corrected chi connectivity index (χ4v) is 2.69. The van der Waals surface area contributed by atoms with Crippen LogP contribution in [-0.2, 0) is 47.7 Å². The Morgan fingerprint density at radius 2 is 1.36 bits per heavy atom. The number of carbonyl (C=O) groups is 5. The molecule has 0 saturated carbocycles. The van der Waals surface area contributed by atoms with Gasteiger partial charge in [0.15, 0.2) is 30.6 Å². The predicted octanol–water partition coefficient (Wildman–Crippen LogP) is -0.404. The summed E-state index contributed by atoms with van der Waals surface area (Å²) in [4.78, 5) is 58.9. The van der Waals surface area contributed by atoms with E-state index in [-0.39, 0.29) is 6.42 Å². The average Bonchev–Trinajstić information content (AvgIpc) is 2.58. The van der Waals surface area contributed by atoms with Gasteiger partial charge in [0.2, 0.25) is 5.91 Å². The zero-order valence-corrected chi connectivity index (χ0v) is 16.4. The van der Waals surface area contributed by atoms with Crippen molar-refractivity contribution >= 4 is 29.8 Å². The van der Waals surface area contributed by atoms with E-state index in [2.05, 4.69) is 10.1 Å². The number of nitrogens with one attached hydrogen (secondary N) is 1. The fourth-order valence-electron chi connectivity index (χ4n) is 2.69. The molecule has 1 saturated heterocycles. The summed E-state index contributed by atoms with van der Waals surface area (Å²) in [6.07, 6.45) is -6.46. The van der Waals surface area contributed by atoms with Gasteiger partial charge in [-0.3, -0.25) is 19.2 Å². The molecular formula is C17H25NO10. The molecule has 0 aliphatic carbocycles. The number of methoxy groups -OCH3 is 1. The molecular weight excluding hydrogens is 378 g/mol. The van der Waals surface area contributed by atoms with Gasteiger partial charge in [-0.25, -0.2) is 4.79 Å². The minimum absolute atomic E-state index is 0.140. The Morgan fingerprint density at radius 3 is 1.82 bits per heavy atom. The molecule has 1 aliphatic heterocycles. The molecule has 11 heteroatoms. The number of hydrogen-bond donors (Lipinski definition) is 1. The Kier molecular flexibility index (Phi) is 8.83. The van der Waals surface area contributed by atoms with E-state index in [0.717, 1.165) is 27.9 Å². The highest BCUT2D eigenvalue weighted by Crippen LogP contribution is 2.28. The van der Waals surface area contributed by atoms with Crippen molar-refractivity contribution in [2.75, 3.05) is 7.11 Å². The second kappa shape index (κ2) is 10.6. The van der Waals surface area contributed by atoms with Crippen molar-refractivity contribution in [2.24, 2.45) is 0 Å². The highest BCUT2D eigenvalue weighted by molar-refractivity contribution is 5.78. The van der Waals surface area contributed by atoms with Gasteiger partial charge in [-0.2, -0.15) is 0 Å². The zero-order chi connectivity index (χ0) is 21.4. The van der Waals surface area contributed by atoms with Gasteiger partial charge in [0.05, 0.1) is 7.11 Å². The maximum Gasteiger partial charge on any atom is 0.339 e. The maximum atomic E-state index is 12.2. The van der Waals surface area contributed by atoms with Gasteiger partial charge < -0.3 is 29.0 Å². The van der Waals surface area contributed by atoms with Gasteiger partial charge >= 0.3 is 23.9 Å². The number of hydrogen-bond acceptors (Lipinski definition) is 10. The second-order valence-corrected chi connectivity index (χ2v) is 6.04. The fraction of sp³-hybridized carbons (Fsp3) is 0.706. The Labute approximate surface area is 161 Å². The predicted molar refractivity (Wildman–Crippen MR) is 90.4 cm³/mol. The van der Waals surface area contributed by atoms with Crippen LogP contribution in [-0.4, -0.2) is 67.5 Å². The van der Waals surface area contributed by atoms with Gasteiger partial charge in [0.1, 0.15) is 0 Å². The van der Waals surface area contributed by atoms with Crippen LogP contribution < -0.4 is 5.32 Å². The molecule has 0 aromatic carbocycles. The van der Waals surface area contributed by atoms with Gasteiger partial charge in [-0.15, -0.1) is 0 Å². The number of carbonyl (C=O) groups excluding carboxylic acids is 5. The highest BCUT2D eigenvalue weighted by Gasteiger charge is 2.55. The van der Waals surface area contributed by atoms with Crippen LogP contribution >= 0.6 is 0 Å². The van der Waals surface area contributed by atoms with Gasteiger partial charge in [-0.05, 0) is 6.42 Å². The largest absolute Gasteiger partial charge is 0.467 e. The third-order valence-electron chi connectivity index (χ3n) is 3.66. The molecule has 158 valence electrons. The van der Waals surface area contributed by atoms with Crippen molar-refractivity contribution in [1.29, 1.82) is 0 Å². The standard InChI is InChI=1S/C17H25NO10/c1-6-7-11(22)18-16-14(27-10(4)21)12(25-8(2)19)13(26-9(3)20)15(28-16)17(23)24-5/h12-16H,6-7H2,1-5H3,(H,18,22)/t12-,13-,14+,15-,16+/m0/s1. The van der Waals surface area contributed by atoms with E-state index >= 15 is 0 Å². The van der Waals surface area contributed by atoms with Gasteiger partial charge in [0.25, 0.3) is 0 Å². The van der Waals surface area contributed by atoms with Crippen molar-refractivity contribution in [2.45, 2.75) is 71.2 Å². The lowest BCUT2D eigenvalue weighted by Gasteiger charge is -2.43. The number of esters is 4. The highest BCUT2D eigenvalue weighted by atomic mass is 16.7. The van der Waals surface area contributed by atoms with Crippen LogP contribution in [0.4, 0.5) is 0 Å². The van der Waals surface area contributed by atoms with E-state index in [9.17, 15) is 24.0 Å². The van der Waals surface area contributed by atoms with Gasteiger partial charge in [0, 0.05) is 27.2 Å². The molecule has 0 bridgehead atoms. The average molecular weight is 403 g/mol. The zero-order valence-electron chi connectivity index (χ0n) is 16.4. The van der Waals surface area contributed by atoms with Crippen LogP contribution in [0.15, 0.2) is 0 Å². The van der Waals surface area contributed by atoms with Crippen molar-refractivity contribution < 1.29 is 47.7 Å². The Morgan fingerprint density at radius 1 is 0.857 bits per heavy atom. The van der Waals surface area contributed by atoms with E-state index in [1.165, 1.54) is 0 Å². The molecule has 5 atom stereocenters. The van der Waals surface area contributed by atoms with Crippen molar-refractivity contribution in [3.63, 3.8) is 0 Å². The molecule has 0 aromatic rings. The minimum Gasteiger partial charge on any atom is -0.467 e. The van der Waals surface area contributed by atoms with Crippen LogP contribution in [0.5, 0.6) is 0 Å². The SMILES string of the molecule is CCCC(=O)N[C@@H]1O[C@H](C(=O)OC)[C@@H](OC(C)=O)[C@H](OC(C)=O)[C@H]1OC(C)=O. The molecule has 28 heavy (non-hydrogen) atoms. The Hall–Kier alpha value is -2.69. The van der Waals surface area contributed by atoms with E-state index in [1.807, 2.05) is 0 Å². The second-order valence-electron chi connectivity index (χ2n) is 6.04. The van der Waals surface area contributed by atoms with E-state index < -0.39 is 60.4 Å². The molecule has 0 aromatic heterocycles. The number of rotatable bonds is 7. The van der Waals surface area contributed by atoms with Crippen LogP contribution in [0.25, 0.3) is 0 Å². The Balaban J connectivity index is 3.36. The van der Waals surface area contributed by atoms with Crippen molar-refractivity contribution in [3.8, 4) is 0 Å². The first kappa shape index (κ1) is 23.3. The van der Waals surface area contributed by atoms with E-state index in [0.29, 0.717) is 6.42 Å². The van der Waals surface area contributed by atoms with Crippen LogP contribution in [0.3, 0.4) is 0 Å². The monoisotopic (exact) mass is 403 g/mol. The number of amides is 1. The minimum atomic E-state index is -1.53. The molecule has 1 heterocycles. The summed E-state index contributed by atoms with van der Waals surface area (Å²) >= 11 is 0. The molecule has 1 rings (SSSR count). The molecule has 1 N–H and O–H groups in total. The maximum absolute atomic E-state index is 12.2. The summed E-state index contributed by atoms with van der Waals surface area (Å²) in [5.74, 6) is -3.73. The van der Waals surface area contributed by atoms with Gasteiger partial charge in [-0.1, -0.05) is 6.92 Å². The molecule has 1 fully saturated rings. The third kappa shape index (κ3) is 6.48. The smallest absolute Gasteiger partial charge is 0.339 e. The third-order valence-corrected chi connectivity index (χ3v) is 3.66. The molecule has 1 aliphatic rings.